The Morgan fingerprint density at radius 2 is 1.73 bits per heavy atom. The van der Waals surface area contributed by atoms with Gasteiger partial charge in [-0.05, 0) is 56.5 Å². The van der Waals surface area contributed by atoms with Crippen LogP contribution in [-0.4, -0.2) is 41.4 Å². The Bertz CT molecular complexity index is 496. The third-order valence-corrected chi connectivity index (χ3v) is 5.22. The first kappa shape index (κ1) is 15.8. The average molecular weight is 321 g/mol. The van der Waals surface area contributed by atoms with E-state index >= 15 is 0 Å². The molecule has 3 rings (SSSR count). The maximum atomic E-state index is 12.4. The summed E-state index contributed by atoms with van der Waals surface area (Å²) in [6.07, 6.45) is 6.83. The van der Waals surface area contributed by atoms with Gasteiger partial charge in [0.2, 0.25) is 5.91 Å². The van der Waals surface area contributed by atoms with Crippen LogP contribution in [0, 0.1) is 0 Å². The van der Waals surface area contributed by atoms with E-state index in [2.05, 4.69) is 4.90 Å². The summed E-state index contributed by atoms with van der Waals surface area (Å²) in [7, 11) is 0. The largest absolute Gasteiger partial charge is 0.338 e. The summed E-state index contributed by atoms with van der Waals surface area (Å²) < 4.78 is 0. The number of hydrogen-bond donors (Lipinski definition) is 0. The molecule has 0 aliphatic carbocycles. The average Bonchev–Trinajstić information content (AvgIpc) is 2.73. The second kappa shape index (κ2) is 7.47. The molecule has 3 nitrogen and oxygen atoms in total. The molecule has 1 amide bonds. The molecule has 2 fully saturated rings. The van der Waals surface area contributed by atoms with Gasteiger partial charge in [0, 0.05) is 30.6 Å². The van der Waals surface area contributed by atoms with Crippen LogP contribution in [0.5, 0.6) is 0 Å². The summed E-state index contributed by atoms with van der Waals surface area (Å²) in [6.45, 7) is 4.03. The van der Waals surface area contributed by atoms with Crippen LogP contribution in [0.3, 0.4) is 0 Å². The van der Waals surface area contributed by atoms with Crippen molar-refractivity contribution in [1.29, 1.82) is 0 Å². The molecule has 1 unspecified atom stereocenters. The van der Waals surface area contributed by atoms with Crippen molar-refractivity contribution in [2.24, 2.45) is 0 Å². The number of rotatable bonds is 3. The zero-order valence-corrected chi connectivity index (χ0v) is 13.9. The third-order valence-electron chi connectivity index (χ3n) is 4.97. The van der Waals surface area contributed by atoms with Gasteiger partial charge in [0.15, 0.2) is 0 Å². The highest BCUT2D eigenvalue weighted by Gasteiger charge is 2.27. The lowest BCUT2D eigenvalue weighted by molar-refractivity contribution is -0.131. The summed E-state index contributed by atoms with van der Waals surface area (Å²) >= 11 is 5.93. The lowest BCUT2D eigenvalue weighted by atomic mass is 10.0. The van der Waals surface area contributed by atoms with Crippen molar-refractivity contribution in [1.82, 2.24) is 9.80 Å². The van der Waals surface area contributed by atoms with E-state index in [1.165, 1.54) is 32.4 Å². The van der Waals surface area contributed by atoms with Gasteiger partial charge in [-0.15, -0.1) is 0 Å². The van der Waals surface area contributed by atoms with Crippen molar-refractivity contribution in [3.8, 4) is 0 Å². The maximum Gasteiger partial charge on any atom is 0.222 e. The number of carbonyl (C=O) groups excluding carboxylic acids is 1. The van der Waals surface area contributed by atoms with Crippen LogP contribution in [0.2, 0.25) is 5.02 Å². The van der Waals surface area contributed by atoms with E-state index in [4.69, 9.17) is 11.6 Å². The van der Waals surface area contributed by atoms with Gasteiger partial charge in [-0.1, -0.05) is 30.2 Å². The van der Waals surface area contributed by atoms with Gasteiger partial charge in [-0.3, -0.25) is 4.79 Å². The molecule has 1 aromatic carbocycles. The summed E-state index contributed by atoms with van der Waals surface area (Å²) in [5.41, 5.74) is 1.16. The smallest absolute Gasteiger partial charge is 0.222 e. The summed E-state index contributed by atoms with van der Waals surface area (Å²) in [4.78, 5) is 17.0. The molecule has 2 aliphatic rings. The van der Waals surface area contributed by atoms with Crippen LogP contribution in [0.25, 0.3) is 0 Å². The number of carbonyl (C=O) groups is 1. The number of likely N-dealkylation sites (tertiary alicyclic amines) is 2. The van der Waals surface area contributed by atoms with Crippen molar-refractivity contribution in [2.75, 3.05) is 19.6 Å². The number of benzene rings is 1. The first-order valence-corrected chi connectivity index (χ1v) is 8.86. The molecule has 120 valence electrons. The fraction of sp³-hybridized carbons (Fsp3) is 0.611. The van der Waals surface area contributed by atoms with E-state index < -0.39 is 0 Å². The van der Waals surface area contributed by atoms with Gasteiger partial charge in [-0.25, -0.2) is 0 Å². The first-order chi connectivity index (χ1) is 10.7. The molecular weight excluding hydrogens is 296 g/mol. The molecule has 2 aliphatic heterocycles. The van der Waals surface area contributed by atoms with E-state index in [1.807, 2.05) is 29.2 Å². The van der Waals surface area contributed by atoms with Gasteiger partial charge < -0.3 is 9.80 Å². The molecule has 0 bridgehead atoms. The molecule has 1 atom stereocenters. The minimum Gasteiger partial charge on any atom is -0.338 e. The van der Waals surface area contributed by atoms with E-state index in [9.17, 15) is 4.79 Å². The van der Waals surface area contributed by atoms with Gasteiger partial charge in [0.1, 0.15) is 0 Å². The van der Waals surface area contributed by atoms with E-state index in [1.54, 1.807) is 0 Å². The number of piperidine rings is 1. The fourth-order valence-electron chi connectivity index (χ4n) is 3.65. The maximum absolute atomic E-state index is 12.4. The van der Waals surface area contributed by atoms with Crippen LogP contribution in [0.15, 0.2) is 24.3 Å². The molecule has 0 aromatic heterocycles. The van der Waals surface area contributed by atoms with Crippen molar-refractivity contribution in [3.05, 3.63) is 34.9 Å². The van der Waals surface area contributed by atoms with Crippen molar-refractivity contribution >= 4 is 17.5 Å². The highest BCUT2D eigenvalue weighted by atomic mass is 35.5. The van der Waals surface area contributed by atoms with Crippen LogP contribution >= 0.6 is 11.6 Å². The van der Waals surface area contributed by atoms with Gasteiger partial charge >= 0.3 is 0 Å². The highest BCUT2D eigenvalue weighted by molar-refractivity contribution is 6.30. The second-order valence-corrected chi connectivity index (χ2v) is 6.96. The minimum absolute atomic E-state index is 0.300. The van der Waals surface area contributed by atoms with Crippen LogP contribution in [-0.2, 0) is 11.3 Å². The summed E-state index contributed by atoms with van der Waals surface area (Å²) in [6, 6.07) is 8.43. The Morgan fingerprint density at radius 1 is 1.00 bits per heavy atom. The topological polar surface area (TPSA) is 23.6 Å². The number of amides is 1. The molecule has 0 N–H and O–H groups in total. The molecular formula is C18H25ClN2O. The Hall–Kier alpha value is -1.06. The lowest BCUT2D eigenvalue weighted by Gasteiger charge is -2.34. The van der Waals surface area contributed by atoms with E-state index in [-0.39, 0.29) is 0 Å². The van der Waals surface area contributed by atoms with Gasteiger partial charge in [0.05, 0.1) is 0 Å². The number of halogens is 1. The monoisotopic (exact) mass is 320 g/mol. The van der Waals surface area contributed by atoms with Crippen LogP contribution in [0.1, 0.15) is 44.1 Å². The van der Waals surface area contributed by atoms with Crippen molar-refractivity contribution in [2.45, 2.75) is 51.1 Å². The van der Waals surface area contributed by atoms with Crippen molar-refractivity contribution < 1.29 is 4.79 Å². The lowest BCUT2D eigenvalue weighted by Crippen LogP contribution is -2.39. The highest BCUT2D eigenvalue weighted by Crippen LogP contribution is 2.22. The molecule has 4 heteroatoms. The normalized spacial score (nSPS) is 24.3. The molecule has 1 aromatic rings. The summed E-state index contributed by atoms with van der Waals surface area (Å²) in [5.74, 6) is 0.300. The van der Waals surface area contributed by atoms with E-state index in [0.29, 0.717) is 24.9 Å². The standard InChI is InChI=1S/C18H25ClN2O/c19-16-6-4-15(5-7-16)14-21-13-10-17(8-9-18(21)22)20-11-2-1-3-12-20/h4-7,17H,1-3,8-14H2. The molecule has 22 heavy (non-hydrogen) atoms. The molecule has 0 radical (unpaired) electrons. The zero-order chi connectivity index (χ0) is 15.4. The fourth-order valence-corrected chi connectivity index (χ4v) is 3.77. The number of nitrogens with zero attached hydrogens (tertiary/aromatic N) is 2. The van der Waals surface area contributed by atoms with Gasteiger partial charge in [0.25, 0.3) is 0 Å². The number of hydrogen-bond acceptors (Lipinski definition) is 2. The predicted octanol–water partition coefficient (Wildman–Crippen LogP) is 3.71. The Kier molecular flexibility index (Phi) is 5.37. The third kappa shape index (κ3) is 4.02. The first-order valence-electron chi connectivity index (χ1n) is 8.48. The second-order valence-electron chi connectivity index (χ2n) is 6.52. The zero-order valence-electron chi connectivity index (χ0n) is 13.1. The summed E-state index contributed by atoms with van der Waals surface area (Å²) in [5, 5.41) is 0.746. The Balaban J connectivity index is 1.59. The molecule has 0 spiro atoms. The van der Waals surface area contributed by atoms with Crippen LogP contribution in [0.4, 0.5) is 0 Å². The van der Waals surface area contributed by atoms with Crippen LogP contribution < -0.4 is 0 Å². The minimum atomic E-state index is 0.300. The Labute approximate surface area is 138 Å². The molecule has 2 heterocycles. The van der Waals surface area contributed by atoms with E-state index in [0.717, 1.165) is 30.0 Å². The van der Waals surface area contributed by atoms with Gasteiger partial charge in [-0.2, -0.15) is 0 Å². The molecule has 0 saturated carbocycles. The Morgan fingerprint density at radius 3 is 2.45 bits per heavy atom. The molecule has 2 saturated heterocycles. The SMILES string of the molecule is O=C1CCC(N2CCCCC2)CCN1Cc1ccc(Cl)cc1. The van der Waals surface area contributed by atoms with Crippen molar-refractivity contribution in [3.63, 3.8) is 0 Å². The quantitative estimate of drug-likeness (QED) is 0.847. The predicted molar refractivity (Wildman–Crippen MR) is 89.9 cm³/mol.